The fraction of sp³-hybridized carbons (Fsp3) is 0.611. The van der Waals surface area contributed by atoms with Gasteiger partial charge in [0.1, 0.15) is 5.60 Å². The number of ether oxygens (including phenoxy) is 2. The third-order valence-electron chi connectivity index (χ3n) is 3.80. The molecule has 4 heteroatoms. The van der Waals surface area contributed by atoms with Crippen molar-refractivity contribution in [3.05, 3.63) is 35.9 Å². The average Bonchev–Trinajstić information content (AvgIpc) is 2.88. The van der Waals surface area contributed by atoms with Crippen LogP contribution < -0.4 is 0 Å². The van der Waals surface area contributed by atoms with E-state index < -0.39 is 5.60 Å². The Morgan fingerprint density at radius 3 is 2.55 bits per heavy atom. The fourth-order valence-electron chi connectivity index (χ4n) is 2.71. The van der Waals surface area contributed by atoms with E-state index in [0.717, 1.165) is 18.4 Å². The largest absolute Gasteiger partial charge is 0.444 e. The van der Waals surface area contributed by atoms with Gasteiger partial charge in [-0.05, 0) is 39.2 Å². The first-order chi connectivity index (χ1) is 10.4. The normalized spacial score (nSPS) is 21.9. The topological polar surface area (TPSA) is 38.8 Å². The minimum Gasteiger partial charge on any atom is -0.444 e. The van der Waals surface area contributed by atoms with Crippen LogP contribution in [0.4, 0.5) is 4.79 Å². The van der Waals surface area contributed by atoms with Crippen LogP contribution in [0.3, 0.4) is 0 Å². The van der Waals surface area contributed by atoms with Crippen molar-refractivity contribution in [1.82, 2.24) is 4.90 Å². The molecule has 22 heavy (non-hydrogen) atoms. The van der Waals surface area contributed by atoms with Crippen molar-refractivity contribution in [1.29, 1.82) is 0 Å². The van der Waals surface area contributed by atoms with Crippen LogP contribution in [-0.4, -0.2) is 35.3 Å². The summed E-state index contributed by atoms with van der Waals surface area (Å²) in [6, 6.07) is 10.3. The SMILES string of the molecule is CC[C@@H]1CC(OCc2ccccc2)CN1C(=O)OC(C)(C)C. The van der Waals surface area contributed by atoms with Gasteiger partial charge >= 0.3 is 6.09 Å². The maximum Gasteiger partial charge on any atom is 0.410 e. The monoisotopic (exact) mass is 305 g/mol. The number of hydrogen-bond donors (Lipinski definition) is 0. The first-order valence-corrected chi connectivity index (χ1v) is 8.04. The van der Waals surface area contributed by atoms with Crippen molar-refractivity contribution in [2.24, 2.45) is 0 Å². The summed E-state index contributed by atoms with van der Waals surface area (Å²) in [5.41, 5.74) is 0.699. The zero-order chi connectivity index (χ0) is 16.2. The lowest BCUT2D eigenvalue weighted by molar-refractivity contribution is 0.0148. The number of benzene rings is 1. The van der Waals surface area contributed by atoms with Gasteiger partial charge in [0, 0.05) is 6.04 Å². The van der Waals surface area contributed by atoms with E-state index in [9.17, 15) is 4.79 Å². The number of rotatable bonds is 4. The predicted octanol–water partition coefficient (Wildman–Crippen LogP) is 3.99. The van der Waals surface area contributed by atoms with E-state index in [-0.39, 0.29) is 18.2 Å². The summed E-state index contributed by atoms with van der Waals surface area (Å²) in [5.74, 6) is 0. The number of nitrogens with zero attached hydrogens (tertiary/aromatic N) is 1. The van der Waals surface area contributed by atoms with Gasteiger partial charge in [0.25, 0.3) is 0 Å². The van der Waals surface area contributed by atoms with Gasteiger partial charge in [-0.1, -0.05) is 37.3 Å². The van der Waals surface area contributed by atoms with E-state index in [1.807, 2.05) is 43.9 Å². The third kappa shape index (κ3) is 4.73. The van der Waals surface area contributed by atoms with E-state index in [1.54, 1.807) is 0 Å². The molecule has 1 aromatic carbocycles. The molecular formula is C18H27NO3. The van der Waals surface area contributed by atoms with Gasteiger partial charge in [0.2, 0.25) is 0 Å². The summed E-state index contributed by atoms with van der Waals surface area (Å²) >= 11 is 0. The molecule has 1 unspecified atom stereocenters. The fourth-order valence-corrected chi connectivity index (χ4v) is 2.71. The Morgan fingerprint density at radius 1 is 1.27 bits per heavy atom. The van der Waals surface area contributed by atoms with E-state index in [4.69, 9.17) is 9.47 Å². The highest BCUT2D eigenvalue weighted by Crippen LogP contribution is 2.25. The highest BCUT2D eigenvalue weighted by Gasteiger charge is 2.36. The van der Waals surface area contributed by atoms with Gasteiger partial charge < -0.3 is 14.4 Å². The van der Waals surface area contributed by atoms with Crippen LogP contribution in [0.5, 0.6) is 0 Å². The second kappa shape index (κ2) is 7.14. The summed E-state index contributed by atoms with van der Waals surface area (Å²) < 4.78 is 11.5. The third-order valence-corrected chi connectivity index (χ3v) is 3.80. The lowest BCUT2D eigenvalue weighted by Crippen LogP contribution is -2.40. The summed E-state index contributed by atoms with van der Waals surface area (Å²) in [6.45, 7) is 8.98. The molecule has 1 amide bonds. The zero-order valence-corrected chi connectivity index (χ0v) is 14.0. The zero-order valence-electron chi connectivity index (χ0n) is 14.0. The highest BCUT2D eigenvalue weighted by molar-refractivity contribution is 5.69. The van der Waals surface area contributed by atoms with Gasteiger partial charge in [-0.15, -0.1) is 0 Å². The van der Waals surface area contributed by atoms with Gasteiger partial charge in [0.15, 0.2) is 0 Å². The molecule has 0 aliphatic carbocycles. The molecule has 1 saturated heterocycles. The molecule has 0 radical (unpaired) electrons. The standard InChI is InChI=1S/C18H27NO3/c1-5-15-11-16(21-13-14-9-7-6-8-10-14)12-19(15)17(20)22-18(2,3)4/h6-10,15-16H,5,11-13H2,1-4H3/t15-,16?/m1/s1. The minimum atomic E-state index is -0.460. The van der Waals surface area contributed by atoms with Crippen molar-refractivity contribution in [3.63, 3.8) is 0 Å². The Kier molecular flexibility index (Phi) is 5.46. The van der Waals surface area contributed by atoms with Crippen LogP contribution >= 0.6 is 0 Å². The Balaban J connectivity index is 1.90. The lowest BCUT2D eigenvalue weighted by Gasteiger charge is -2.27. The molecule has 0 aromatic heterocycles. The maximum atomic E-state index is 12.3. The summed E-state index contributed by atoms with van der Waals surface area (Å²) in [4.78, 5) is 14.1. The molecule has 1 aliphatic rings. The number of hydrogen-bond acceptors (Lipinski definition) is 3. The summed E-state index contributed by atoms with van der Waals surface area (Å²) in [5, 5.41) is 0. The van der Waals surface area contributed by atoms with Crippen LogP contribution in [0.15, 0.2) is 30.3 Å². The highest BCUT2D eigenvalue weighted by atomic mass is 16.6. The molecule has 2 atom stereocenters. The van der Waals surface area contributed by atoms with E-state index in [0.29, 0.717) is 13.2 Å². The quantitative estimate of drug-likeness (QED) is 0.844. The van der Waals surface area contributed by atoms with E-state index in [1.165, 1.54) is 0 Å². The summed E-state index contributed by atoms with van der Waals surface area (Å²) in [6.07, 6.45) is 1.65. The Morgan fingerprint density at radius 2 is 1.95 bits per heavy atom. The van der Waals surface area contributed by atoms with Gasteiger partial charge in [-0.25, -0.2) is 4.79 Å². The Hall–Kier alpha value is -1.55. The van der Waals surface area contributed by atoms with Crippen molar-refractivity contribution in [2.75, 3.05) is 6.54 Å². The van der Waals surface area contributed by atoms with Crippen molar-refractivity contribution in [3.8, 4) is 0 Å². The molecule has 1 aliphatic heterocycles. The van der Waals surface area contributed by atoms with Gasteiger partial charge in [-0.2, -0.15) is 0 Å². The first-order valence-electron chi connectivity index (χ1n) is 8.04. The van der Waals surface area contributed by atoms with Crippen LogP contribution in [0, 0.1) is 0 Å². The first kappa shape index (κ1) is 16.8. The van der Waals surface area contributed by atoms with E-state index in [2.05, 4.69) is 19.1 Å². The lowest BCUT2D eigenvalue weighted by atomic mass is 10.1. The van der Waals surface area contributed by atoms with Crippen LogP contribution in [0.2, 0.25) is 0 Å². The molecule has 4 nitrogen and oxygen atoms in total. The van der Waals surface area contributed by atoms with Crippen molar-refractivity contribution >= 4 is 6.09 Å². The molecular weight excluding hydrogens is 278 g/mol. The Bertz CT molecular complexity index is 481. The number of likely N-dealkylation sites (tertiary alicyclic amines) is 1. The molecule has 122 valence electrons. The molecule has 2 rings (SSSR count). The van der Waals surface area contributed by atoms with Crippen molar-refractivity contribution in [2.45, 2.75) is 64.9 Å². The number of carbonyl (C=O) groups is 1. The number of amides is 1. The second-order valence-electron chi connectivity index (χ2n) is 6.85. The molecule has 0 spiro atoms. The van der Waals surface area contributed by atoms with Gasteiger partial charge in [-0.3, -0.25) is 0 Å². The molecule has 0 saturated carbocycles. The molecule has 0 bridgehead atoms. The molecule has 0 N–H and O–H groups in total. The smallest absolute Gasteiger partial charge is 0.410 e. The van der Waals surface area contributed by atoms with Gasteiger partial charge in [0.05, 0.1) is 19.3 Å². The van der Waals surface area contributed by atoms with Crippen LogP contribution in [0.1, 0.15) is 46.1 Å². The predicted molar refractivity (Wildman–Crippen MR) is 86.7 cm³/mol. The average molecular weight is 305 g/mol. The molecule has 1 heterocycles. The molecule has 1 fully saturated rings. The second-order valence-corrected chi connectivity index (χ2v) is 6.85. The van der Waals surface area contributed by atoms with Crippen molar-refractivity contribution < 1.29 is 14.3 Å². The number of carbonyl (C=O) groups excluding carboxylic acids is 1. The Labute approximate surface area is 133 Å². The maximum absolute atomic E-state index is 12.3. The van der Waals surface area contributed by atoms with Crippen LogP contribution in [-0.2, 0) is 16.1 Å². The van der Waals surface area contributed by atoms with E-state index >= 15 is 0 Å². The molecule has 1 aromatic rings. The summed E-state index contributed by atoms with van der Waals surface area (Å²) in [7, 11) is 0. The van der Waals surface area contributed by atoms with Crippen LogP contribution in [0.25, 0.3) is 0 Å². The minimum absolute atomic E-state index is 0.0812.